The number of furan rings is 1. The largest absolute Gasteiger partial charge is 0.508 e. The van der Waals surface area contributed by atoms with Crippen molar-refractivity contribution in [2.24, 2.45) is 0 Å². The molecule has 0 bridgehead atoms. The number of allylic oxidation sites excluding steroid dienone is 1. The number of aromatic hydroxyl groups is 1. The second kappa shape index (κ2) is 6.93. The molecule has 0 radical (unpaired) electrons. The van der Waals surface area contributed by atoms with Crippen LogP contribution in [0.3, 0.4) is 0 Å². The van der Waals surface area contributed by atoms with Crippen LogP contribution < -0.4 is 0 Å². The summed E-state index contributed by atoms with van der Waals surface area (Å²) >= 11 is 9.01. The fourth-order valence-electron chi connectivity index (χ4n) is 1.77. The summed E-state index contributed by atoms with van der Waals surface area (Å²) in [5.41, 5.74) is 1.03. The van der Waals surface area contributed by atoms with E-state index in [-0.39, 0.29) is 23.4 Å². The van der Waals surface area contributed by atoms with E-state index in [0.29, 0.717) is 21.4 Å². The average molecular weight is 372 g/mol. The maximum Gasteiger partial charge on any atom is 0.193 e. The highest BCUT2D eigenvalue weighted by atomic mass is 79.9. The van der Waals surface area contributed by atoms with Gasteiger partial charge in [0.25, 0.3) is 0 Å². The number of phenolic OH excluding ortho intramolecular Hbond substituents is 1. The van der Waals surface area contributed by atoms with E-state index in [1.165, 1.54) is 18.2 Å². The van der Waals surface area contributed by atoms with Gasteiger partial charge in [0, 0.05) is 17.1 Å². The third kappa shape index (κ3) is 3.97. The Balaban J connectivity index is 2.28. The summed E-state index contributed by atoms with van der Waals surface area (Å²) in [7, 11) is 1.54. The highest BCUT2D eigenvalue weighted by molar-refractivity contribution is 9.10. The lowest BCUT2D eigenvalue weighted by Crippen LogP contribution is -2.00. The summed E-state index contributed by atoms with van der Waals surface area (Å²) < 4.78 is 10.8. The molecule has 0 spiro atoms. The smallest absolute Gasteiger partial charge is 0.193 e. The molecule has 0 fully saturated rings. The summed E-state index contributed by atoms with van der Waals surface area (Å²) in [4.78, 5) is 12.2. The van der Waals surface area contributed by atoms with E-state index < -0.39 is 0 Å². The van der Waals surface area contributed by atoms with Crippen LogP contribution in [0.1, 0.15) is 21.7 Å². The van der Waals surface area contributed by atoms with E-state index in [4.69, 9.17) is 20.8 Å². The fourth-order valence-corrected chi connectivity index (χ4v) is 2.46. The van der Waals surface area contributed by atoms with Gasteiger partial charge in [-0.05, 0) is 69.5 Å². The number of carbonyl (C=O) groups is 1. The highest BCUT2D eigenvalue weighted by Crippen LogP contribution is 2.28. The molecule has 0 aliphatic heterocycles. The van der Waals surface area contributed by atoms with E-state index in [9.17, 15) is 9.90 Å². The molecule has 0 amide bonds. The molecule has 4 nitrogen and oxygen atoms in total. The quantitative estimate of drug-likeness (QED) is 0.623. The van der Waals surface area contributed by atoms with Crippen molar-refractivity contribution in [2.75, 3.05) is 7.11 Å². The van der Waals surface area contributed by atoms with Crippen LogP contribution in [0.2, 0.25) is 5.22 Å². The predicted molar refractivity (Wildman–Crippen MR) is 83.6 cm³/mol. The number of hydrogen-bond acceptors (Lipinski definition) is 4. The SMILES string of the molecule is COCc1cc(O)cc(C(=O)/C=C/c2ccc(Cl)o2)c1Br. The summed E-state index contributed by atoms with van der Waals surface area (Å²) in [5.74, 6) is 0.201. The maximum absolute atomic E-state index is 12.2. The summed E-state index contributed by atoms with van der Waals surface area (Å²) in [5, 5.41) is 9.95. The van der Waals surface area contributed by atoms with Gasteiger partial charge in [0.2, 0.25) is 0 Å². The van der Waals surface area contributed by atoms with Crippen LogP contribution in [0.25, 0.3) is 6.08 Å². The first kappa shape index (κ1) is 15.8. The van der Waals surface area contributed by atoms with E-state index in [1.807, 2.05) is 0 Å². The first-order chi connectivity index (χ1) is 10.0. The Morgan fingerprint density at radius 3 is 2.86 bits per heavy atom. The minimum Gasteiger partial charge on any atom is -0.508 e. The standard InChI is InChI=1S/C15H12BrClO4/c1-20-8-9-6-10(18)7-12(15(9)16)13(19)4-2-11-3-5-14(17)21-11/h2-7,18H,8H2,1H3/b4-2+. The molecule has 0 aliphatic carbocycles. The molecule has 2 rings (SSSR count). The van der Waals surface area contributed by atoms with Gasteiger partial charge in [0.1, 0.15) is 11.5 Å². The number of rotatable bonds is 5. The van der Waals surface area contributed by atoms with Crippen molar-refractivity contribution < 1.29 is 19.1 Å². The average Bonchev–Trinajstić information content (AvgIpc) is 2.86. The third-order valence-electron chi connectivity index (χ3n) is 2.69. The Morgan fingerprint density at radius 1 is 1.48 bits per heavy atom. The summed E-state index contributed by atoms with van der Waals surface area (Å²) in [6.07, 6.45) is 2.87. The Morgan fingerprint density at radius 2 is 2.24 bits per heavy atom. The van der Waals surface area contributed by atoms with Crippen molar-refractivity contribution in [3.63, 3.8) is 0 Å². The molecule has 2 aromatic rings. The lowest BCUT2D eigenvalue weighted by Gasteiger charge is -2.08. The van der Waals surface area contributed by atoms with E-state index in [1.54, 1.807) is 25.3 Å². The van der Waals surface area contributed by atoms with Crippen molar-refractivity contribution in [3.8, 4) is 5.75 Å². The van der Waals surface area contributed by atoms with Gasteiger partial charge in [-0.2, -0.15) is 0 Å². The van der Waals surface area contributed by atoms with Crippen LogP contribution in [-0.4, -0.2) is 18.0 Å². The van der Waals surface area contributed by atoms with Crippen molar-refractivity contribution in [3.05, 3.63) is 56.9 Å². The van der Waals surface area contributed by atoms with Crippen LogP contribution in [-0.2, 0) is 11.3 Å². The minimum atomic E-state index is -0.275. The number of halogens is 2. The number of phenols is 1. The molecule has 0 saturated heterocycles. The lowest BCUT2D eigenvalue weighted by molar-refractivity contribution is 0.104. The van der Waals surface area contributed by atoms with Crippen molar-refractivity contribution >= 4 is 39.4 Å². The van der Waals surface area contributed by atoms with Gasteiger partial charge in [-0.3, -0.25) is 4.79 Å². The summed E-state index contributed by atoms with van der Waals surface area (Å²) in [6, 6.07) is 6.18. The van der Waals surface area contributed by atoms with Gasteiger partial charge in [0.15, 0.2) is 11.0 Å². The van der Waals surface area contributed by atoms with Crippen LogP contribution >= 0.6 is 27.5 Å². The zero-order valence-corrected chi connectivity index (χ0v) is 13.4. The van der Waals surface area contributed by atoms with E-state index in [2.05, 4.69) is 15.9 Å². The number of carbonyl (C=O) groups excluding carboxylic acids is 1. The highest BCUT2D eigenvalue weighted by Gasteiger charge is 2.13. The summed E-state index contributed by atoms with van der Waals surface area (Å²) in [6.45, 7) is 0.284. The monoisotopic (exact) mass is 370 g/mol. The number of ketones is 1. The predicted octanol–water partition coefficient (Wildman–Crippen LogP) is 4.44. The molecule has 1 aromatic heterocycles. The molecular formula is C15H12BrClO4. The van der Waals surface area contributed by atoms with Gasteiger partial charge >= 0.3 is 0 Å². The van der Waals surface area contributed by atoms with E-state index in [0.717, 1.165) is 0 Å². The van der Waals surface area contributed by atoms with Gasteiger partial charge in [-0.1, -0.05) is 0 Å². The molecule has 1 heterocycles. The molecule has 21 heavy (non-hydrogen) atoms. The van der Waals surface area contributed by atoms with Crippen molar-refractivity contribution in [2.45, 2.75) is 6.61 Å². The molecule has 6 heteroatoms. The fraction of sp³-hybridized carbons (Fsp3) is 0.133. The molecule has 0 unspecified atom stereocenters. The number of hydrogen-bond donors (Lipinski definition) is 1. The Labute approximate surface area is 135 Å². The third-order valence-corrected chi connectivity index (χ3v) is 3.83. The maximum atomic E-state index is 12.2. The van der Waals surface area contributed by atoms with Gasteiger partial charge in [0.05, 0.1) is 6.61 Å². The topological polar surface area (TPSA) is 59.7 Å². The Bertz CT molecular complexity index is 691. The van der Waals surface area contributed by atoms with Crippen LogP contribution in [0.4, 0.5) is 0 Å². The van der Waals surface area contributed by atoms with E-state index >= 15 is 0 Å². The number of methoxy groups -OCH3 is 1. The van der Waals surface area contributed by atoms with Crippen LogP contribution in [0, 0.1) is 0 Å². The Hall–Kier alpha value is -1.56. The zero-order chi connectivity index (χ0) is 15.4. The van der Waals surface area contributed by atoms with Crippen molar-refractivity contribution in [1.29, 1.82) is 0 Å². The lowest BCUT2D eigenvalue weighted by atomic mass is 10.1. The second-order valence-corrected chi connectivity index (χ2v) is 5.40. The molecular weight excluding hydrogens is 360 g/mol. The zero-order valence-electron chi connectivity index (χ0n) is 11.1. The first-order valence-electron chi connectivity index (χ1n) is 5.99. The van der Waals surface area contributed by atoms with Crippen molar-refractivity contribution in [1.82, 2.24) is 0 Å². The first-order valence-corrected chi connectivity index (χ1v) is 7.16. The molecule has 0 saturated carbocycles. The molecule has 1 N–H and O–H groups in total. The van der Waals surface area contributed by atoms with Crippen LogP contribution in [0.15, 0.2) is 39.2 Å². The van der Waals surface area contributed by atoms with Gasteiger partial charge in [-0.15, -0.1) is 0 Å². The van der Waals surface area contributed by atoms with Crippen LogP contribution in [0.5, 0.6) is 5.75 Å². The number of ether oxygens (including phenoxy) is 1. The second-order valence-electron chi connectivity index (χ2n) is 4.24. The normalized spacial score (nSPS) is 11.2. The van der Waals surface area contributed by atoms with Gasteiger partial charge < -0.3 is 14.3 Å². The van der Waals surface area contributed by atoms with Gasteiger partial charge in [-0.25, -0.2) is 0 Å². The molecule has 0 aliphatic rings. The molecule has 110 valence electrons. The number of benzene rings is 1. The Kier molecular flexibility index (Phi) is 5.22. The molecule has 0 atom stereocenters. The minimum absolute atomic E-state index is 0.00282. The molecule has 1 aromatic carbocycles.